The summed E-state index contributed by atoms with van der Waals surface area (Å²) in [6.45, 7) is 22.6. The van der Waals surface area contributed by atoms with E-state index in [4.69, 9.17) is 16.0 Å². The summed E-state index contributed by atoms with van der Waals surface area (Å²) >= 11 is 0. The molecule has 0 aliphatic heterocycles. The maximum atomic E-state index is 13.2. The summed E-state index contributed by atoms with van der Waals surface area (Å²) in [7, 11) is 0. The highest BCUT2D eigenvalue weighted by Crippen LogP contribution is 2.30. The van der Waals surface area contributed by atoms with Crippen molar-refractivity contribution in [3.63, 3.8) is 0 Å². The molecule has 0 spiro atoms. The van der Waals surface area contributed by atoms with Crippen molar-refractivity contribution in [2.24, 2.45) is 21.7 Å². The quantitative estimate of drug-likeness (QED) is 0.262. The van der Waals surface area contributed by atoms with Crippen LogP contribution >= 0.6 is 0 Å². The van der Waals surface area contributed by atoms with Gasteiger partial charge in [-0.2, -0.15) is 0 Å². The van der Waals surface area contributed by atoms with Gasteiger partial charge < -0.3 is 14.6 Å². The van der Waals surface area contributed by atoms with Crippen LogP contribution in [-0.4, -0.2) is 53.5 Å². The number of hydrogen-bond acceptors (Lipinski definition) is 10. The molecule has 3 aromatic rings. The van der Waals surface area contributed by atoms with Gasteiger partial charge in [0.25, 0.3) is 1.43 Å². The van der Waals surface area contributed by atoms with Crippen LogP contribution in [0.3, 0.4) is 0 Å². The first-order chi connectivity index (χ1) is 20.7. The molecule has 0 aliphatic rings. The molecule has 0 saturated heterocycles. The monoisotopic (exact) mass is 612 g/mol. The first kappa shape index (κ1) is 33.1. The molecule has 0 aliphatic carbocycles. The van der Waals surface area contributed by atoms with E-state index in [-0.39, 0.29) is 29.8 Å². The van der Waals surface area contributed by atoms with Gasteiger partial charge in [0, 0.05) is 55.6 Å². The molecule has 12 heteroatoms. The van der Waals surface area contributed by atoms with E-state index < -0.39 is 22.8 Å². The van der Waals surface area contributed by atoms with Crippen LogP contribution in [0.4, 0.5) is 0 Å². The van der Waals surface area contributed by atoms with E-state index in [1.54, 1.807) is 44.0 Å². The number of aromatic nitrogens is 7. The Morgan fingerprint density at radius 3 is 1.68 bits per heavy atom. The number of aromatic hydroxyl groups is 1. The number of hydrogen-bond donors (Lipinski definition) is 1. The first-order valence-electron chi connectivity index (χ1n) is 15.3. The Bertz CT molecular complexity index is 1480. The zero-order valence-corrected chi connectivity index (χ0v) is 28.1. The summed E-state index contributed by atoms with van der Waals surface area (Å²) in [6.07, 6.45) is 5.91. The Balaban J connectivity index is 1.67. The van der Waals surface area contributed by atoms with E-state index in [0.717, 1.165) is 0 Å². The molecular weight excluding hydrogens is 562 g/mol. The number of carbonyl (C=O) groups excluding carboxylic acids is 2. The van der Waals surface area contributed by atoms with Crippen LogP contribution in [-0.2, 0) is 58.2 Å². The molecule has 12 nitrogen and oxygen atoms in total. The summed E-state index contributed by atoms with van der Waals surface area (Å²) in [5.74, 6) is -0.749. The molecule has 3 heterocycles. The molecule has 0 saturated carbocycles. The number of nitrogens with zero attached hydrogens (tertiary/aromatic N) is 7. The maximum Gasteiger partial charge on any atom is 0.312 e. The maximum absolute atomic E-state index is 13.2. The molecular formula is C32H49N7O5. The largest absolute Gasteiger partial charge is 0.506 e. The van der Waals surface area contributed by atoms with E-state index in [0.29, 0.717) is 54.1 Å². The van der Waals surface area contributed by atoms with Crippen LogP contribution in [0.5, 0.6) is 5.75 Å². The predicted octanol–water partition coefficient (Wildman–Crippen LogP) is 5.00. The Morgan fingerprint density at radius 2 is 1.25 bits per heavy atom. The zero-order valence-electron chi connectivity index (χ0n) is 29.1. The normalized spacial score (nSPS) is 13.0. The van der Waals surface area contributed by atoms with Gasteiger partial charge >= 0.3 is 11.9 Å². The van der Waals surface area contributed by atoms with Gasteiger partial charge in [-0.1, -0.05) is 52.0 Å². The Labute approximate surface area is 262 Å². The Hall–Kier alpha value is -3.83. The van der Waals surface area contributed by atoms with Crippen molar-refractivity contribution in [1.82, 2.24) is 35.0 Å². The third kappa shape index (κ3) is 9.85. The molecule has 44 heavy (non-hydrogen) atoms. The van der Waals surface area contributed by atoms with Crippen LogP contribution in [0.25, 0.3) is 0 Å². The molecule has 0 unspecified atom stereocenters. The average molecular weight is 613 g/mol. The molecule has 242 valence electrons. The van der Waals surface area contributed by atoms with Gasteiger partial charge in [0.05, 0.1) is 27.9 Å². The van der Waals surface area contributed by atoms with Gasteiger partial charge in [-0.15, -0.1) is 10.2 Å². The van der Waals surface area contributed by atoms with Crippen molar-refractivity contribution in [3.8, 4) is 5.75 Å². The lowest BCUT2D eigenvalue weighted by Crippen LogP contribution is -2.30. The lowest BCUT2D eigenvalue weighted by Gasteiger charge is -2.23. The van der Waals surface area contributed by atoms with E-state index in [1.807, 2.05) is 12.4 Å². The average Bonchev–Trinajstić information content (AvgIpc) is 3.51. The van der Waals surface area contributed by atoms with Crippen molar-refractivity contribution >= 4 is 11.9 Å². The number of esters is 2. The SMILES string of the molecule is [2H]Oc1c(C)ncc(COC(=O)C(C)(C)Cc2cn(CC(C)(C)C)nn2)c1COC(=O)C(C)(C)Cc1cn(CC(C)(C)C)nn1. The second-order valence-corrected chi connectivity index (χ2v) is 15.4. The minimum absolute atomic E-state index is 0.0366. The molecule has 3 rings (SSSR count). The van der Waals surface area contributed by atoms with Crippen molar-refractivity contribution < 1.29 is 24.2 Å². The third-order valence-corrected chi connectivity index (χ3v) is 6.91. The fourth-order valence-electron chi connectivity index (χ4n) is 4.65. The number of rotatable bonds is 13. The number of aryl methyl sites for hydroxylation is 1. The Kier molecular flexibility index (Phi) is 9.80. The van der Waals surface area contributed by atoms with Crippen molar-refractivity contribution in [3.05, 3.63) is 46.8 Å². The smallest absolute Gasteiger partial charge is 0.312 e. The topological polar surface area (TPSA) is 147 Å². The minimum atomic E-state index is -0.905. The van der Waals surface area contributed by atoms with E-state index in [1.165, 1.54) is 6.20 Å². The molecule has 3 aromatic heterocycles. The van der Waals surface area contributed by atoms with Crippen LogP contribution in [0.1, 0.15) is 97.4 Å². The van der Waals surface area contributed by atoms with Crippen LogP contribution in [0.15, 0.2) is 18.6 Å². The van der Waals surface area contributed by atoms with Crippen molar-refractivity contribution in [2.45, 2.75) is 115 Å². The van der Waals surface area contributed by atoms with Gasteiger partial charge in [-0.3, -0.25) is 23.9 Å². The molecule has 0 aromatic carbocycles. The molecule has 0 atom stereocenters. The van der Waals surface area contributed by atoms with Crippen LogP contribution < -0.4 is 0 Å². The minimum Gasteiger partial charge on any atom is -0.506 e. The van der Waals surface area contributed by atoms with Crippen molar-refractivity contribution in [2.75, 3.05) is 0 Å². The molecule has 0 amide bonds. The fourth-order valence-corrected chi connectivity index (χ4v) is 4.65. The number of pyridine rings is 1. The van der Waals surface area contributed by atoms with Gasteiger partial charge in [-0.25, -0.2) is 0 Å². The summed E-state index contributed by atoms with van der Waals surface area (Å²) in [5, 5.41) is 21.7. The van der Waals surface area contributed by atoms with E-state index >= 15 is 0 Å². The summed E-state index contributed by atoms with van der Waals surface area (Å²) in [6, 6.07) is 0. The summed E-state index contributed by atoms with van der Waals surface area (Å²) < 4.78 is 22.6. The first-order valence-corrected chi connectivity index (χ1v) is 14.9. The summed E-state index contributed by atoms with van der Waals surface area (Å²) in [4.78, 5) is 30.7. The highest BCUT2D eigenvalue weighted by atomic mass is 16.5. The van der Waals surface area contributed by atoms with E-state index in [9.17, 15) is 9.59 Å². The van der Waals surface area contributed by atoms with Gasteiger partial charge in [0.1, 0.15) is 19.0 Å². The van der Waals surface area contributed by atoms with Crippen LogP contribution in [0, 0.1) is 28.6 Å². The van der Waals surface area contributed by atoms with E-state index in [2.05, 4.69) is 67.2 Å². The second-order valence-electron chi connectivity index (χ2n) is 15.4. The lowest BCUT2D eigenvalue weighted by atomic mass is 9.88. The van der Waals surface area contributed by atoms with Gasteiger partial charge in [0.2, 0.25) is 0 Å². The van der Waals surface area contributed by atoms with Gasteiger partial charge in [0.15, 0.2) is 0 Å². The van der Waals surface area contributed by atoms with Crippen LogP contribution in [0.2, 0.25) is 0 Å². The zero-order chi connectivity index (χ0) is 33.8. The predicted molar refractivity (Wildman–Crippen MR) is 164 cm³/mol. The Morgan fingerprint density at radius 1 is 0.795 bits per heavy atom. The molecule has 0 radical (unpaired) electrons. The highest BCUT2D eigenvalue weighted by Gasteiger charge is 2.33. The van der Waals surface area contributed by atoms with Gasteiger partial charge in [-0.05, 0) is 45.4 Å². The lowest BCUT2D eigenvalue weighted by molar-refractivity contribution is -0.157. The fraction of sp³-hybridized carbons (Fsp3) is 0.656. The second kappa shape index (κ2) is 13.0. The molecule has 0 fully saturated rings. The molecule has 1 N–H and O–H groups in total. The number of ether oxygens (including phenoxy) is 2. The standard InChI is InChI=1S/C32H49N7O5/c1-21-26(40)25(18-44-28(42)32(10,11)13-24-16-39(37-35-24)20-30(5,6)7)22(14-33-21)17-43-27(41)31(8,9)12-23-15-38(36-34-23)19-29(2,3)4/h14-16,40H,12-13,17-20H2,1-11H3/i/hD. The van der Waals surface area contributed by atoms with Crippen molar-refractivity contribution in [1.29, 1.82) is 1.43 Å². The highest BCUT2D eigenvalue weighted by molar-refractivity contribution is 5.77. The third-order valence-electron chi connectivity index (χ3n) is 6.91. The molecule has 0 bridgehead atoms. The summed E-state index contributed by atoms with van der Waals surface area (Å²) in [5.41, 5.74) is 0.983. The number of carbonyl (C=O) groups is 2.